The van der Waals surface area contributed by atoms with E-state index in [1.165, 1.54) is 0 Å². The van der Waals surface area contributed by atoms with Crippen molar-refractivity contribution >= 4 is 5.97 Å². The minimum Gasteiger partial charge on any atom is -0.497 e. The lowest BCUT2D eigenvalue weighted by Crippen LogP contribution is -2.28. The zero-order valence-corrected chi connectivity index (χ0v) is 16.6. The van der Waals surface area contributed by atoms with Gasteiger partial charge in [0.1, 0.15) is 24.2 Å². The maximum Gasteiger partial charge on any atom is 0.335 e. The molecule has 28 heavy (non-hydrogen) atoms. The molecule has 0 aliphatic rings. The van der Waals surface area contributed by atoms with Gasteiger partial charge in [0.05, 0.1) is 13.7 Å². The quantitative estimate of drug-likeness (QED) is 0.595. The number of rotatable bonds is 11. The predicted molar refractivity (Wildman–Crippen MR) is 106 cm³/mol. The van der Waals surface area contributed by atoms with Crippen LogP contribution in [0.3, 0.4) is 0 Å². The second-order valence-corrected chi connectivity index (χ2v) is 6.15. The molecule has 0 spiro atoms. The summed E-state index contributed by atoms with van der Waals surface area (Å²) in [7, 11) is 1.58. The van der Waals surface area contributed by atoms with Gasteiger partial charge in [0, 0.05) is 13.0 Å². The molecule has 0 fully saturated rings. The lowest BCUT2D eigenvalue weighted by Gasteiger charge is -2.16. The molecule has 0 unspecified atom stereocenters. The van der Waals surface area contributed by atoms with Gasteiger partial charge in [-0.3, -0.25) is 0 Å². The van der Waals surface area contributed by atoms with E-state index in [0.29, 0.717) is 31.1 Å². The molecule has 0 saturated carbocycles. The minimum atomic E-state index is -0.763. The standard InChI is InChI=1S/C22H28O6/c1-4-26-21(22(24)27-5-2)13-16-9-11-18(12-10-16)28-15-20(23)17-7-6-8-19(14-17)25-3/h6-12,14,20-21,23H,4-5,13,15H2,1-3H3/t20-,21+/m0/s1. The van der Waals surface area contributed by atoms with Crippen LogP contribution in [-0.4, -0.2) is 44.1 Å². The average molecular weight is 388 g/mol. The highest BCUT2D eigenvalue weighted by Crippen LogP contribution is 2.21. The van der Waals surface area contributed by atoms with Gasteiger partial charge in [-0.1, -0.05) is 24.3 Å². The molecule has 0 saturated heterocycles. The summed E-state index contributed by atoms with van der Waals surface area (Å²) >= 11 is 0. The van der Waals surface area contributed by atoms with Crippen LogP contribution in [0.4, 0.5) is 0 Å². The van der Waals surface area contributed by atoms with E-state index < -0.39 is 12.2 Å². The summed E-state index contributed by atoms with van der Waals surface area (Å²) in [6.45, 7) is 4.50. The van der Waals surface area contributed by atoms with E-state index in [1.807, 2.05) is 49.4 Å². The number of aliphatic hydroxyl groups excluding tert-OH is 1. The van der Waals surface area contributed by atoms with Crippen LogP contribution in [0.25, 0.3) is 0 Å². The molecule has 2 rings (SSSR count). The molecule has 2 aromatic carbocycles. The number of ether oxygens (including phenoxy) is 4. The van der Waals surface area contributed by atoms with Gasteiger partial charge in [0.25, 0.3) is 0 Å². The van der Waals surface area contributed by atoms with E-state index in [9.17, 15) is 9.90 Å². The summed E-state index contributed by atoms with van der Waals surface area (Å²) in [6, 6.07) is 14.6. The second-order valence-electron chi connectivity index (χ2n) is 6.15. The van der Waals surface area contributed by atoms with Gasteiger partial charge in [-0.2, -0.15) is 0 Å². The number of aliphatic hydroxyl groups is 1. The molecule has 0 amide bonds. The third kappa shape index (κ3) is 6.55. The molecule has 6 nitrogen and oxygen atoms in total. The van der Waals surface area contributed by atoms with Gasteiger partial charge in [-0.25, -0.2) is 4.79 Å². The van der Waals surface area contributed by atoms with Gasteiger partial charge in [-0.15, -0.1) is 0 Å². The molecule has 0 heterocycles. The molecule has 152 valence electrons. The molecule has 0 bridgehead atoms. The summed E-state index contributed by atoms with van der Waals surface area (Å²) in [5.41, 5.74) is 1.66. The Kier molecular flexibility index (Phi) is 8.78. The van der Waals surface area contributed by atoms with Crippen molar-refractivity contribution in [2.75, 3.05) is 26.9 Å². The highest BCUT2D eigenvalue weighted by Gasteiger charge is 2.20. The largest absolute Gasteiger partial charge is 0.497 e. The Morgan fingerprint density at radius 1 is 1.04 bits per heavy atom. The Morgan fingerprint density at radius 3 is 2.43 bits per heavy atom. The van der Waals surface area contributed by atoms with E-state index in [2.05, 4.69) is 0 Å². The van der Waals surface area contributed by atoms with E-state index in [1.54, 1.807) is 20.1 Å². The molecular formula is C22H28O6. The average Bonchev–Trinajstić information content (AvgIpc) is 2.72. The maximum absolute atomic E-state index is 12.0. The fourth-order valence-electron chi connectivity index (χ4n) is 2.70. The predicted octanol–water partition coefficient (Wildman–Crippen LogP) is 3.32. The highest BCUT2D eigenvalue weighted by molar-refractivity contribution is 5.75. The first-order chi connectivity index (χ1) is 13.6. The lowest BCUT2D eigenvalue weighted by molar-refractivity contribution is -0.156. The molecule has 0 aliphatic carbocycles. The molecule has 2 atom stereocenters. The van der Waals surface area contributed by atoms with Gasteiger partial charge in [-0.05, 0) is 49.2 Å². The normalized spacial score (nSPS) is 12.9. The van der Waals surface area contributed by atoms with Crippen LogP contribution < -0.4 is 9.47 Å². The minimum absolute atomic E-state index is 0.122. The van der Waals surface area contributed by atoms with Gasteiger partial charge < -0.3 is 24.1 Å². The smallest absolute Gasteiger partial charge is 0.335 e. The van der Waals surface area contributed by atoms with Crippen molar-refractivity contribution in [1.82, 2.24) is 0 Å². The molecule has 0 radical (unpaired) electrons. The zero-order chi connectivity index (χ0) is 20.4. The summed E-state index contributed by atoms with van der Waals surface area (Å²) in [5, 5.41) is 10.3. The molecule has 2 aromatic rings. The number of hydrogen-bond donors (Lipinski definition) is 1. The summed E-state index contributed by atoms with van der Waals surface area (Å²) in [4.78, 5) is 12.0. The van der Waals surface area contributed by atoms with E-state index in [4.69, 9.17) is 18.9 Å². The van der Waals surface area contributed by atoms with E-state index in [0.717, 1.165) is 11.1 Å². The fourth-order valence-corrected chi connectivity index (χ4v) is 2.70. The zero-order valence-electron chi connectivity index (χ0n) is 16.6. The molecule has 0 aromatic heterocycles. The van der Waals surface area contributed by atoms with Gasteiger partial charge >= 0.3 is 5.97 Å². The Labute approximate surface area is 166 Å². The van der Waals surface area contributed by atoms with Crippen molar-refractivity contribution in [2.24, 2.45) is 0 Å². The van der Waals surface area contributed by atoms with Crippen LogP contribution >= 0.6 is 0 Å². The summed E-state index contributed by atoms with van der Waals surface area (Å²) in [5.74, 6) is 0.965. The summed E-state index contributed by atoms with van der Waals surface area (Å²) in [6.07, 6.45) is -0.952. The topological polar surface area (TPSA) is 74.2 Å². The Hall–Kier alpha value is -2.57. The first kappa shape index (κ1) is 21.7. The molecule has 6 heteroatoms. The third-order valence-electron chi connectivity index (χ3n) is 4.15. The van der Waals surface area contributed by atoms with Gasteiger partial charge in [0.2, 0.25) is 0 Å². The molecular weight excluding hydrogens is 360 g/mol. The Bertz CT molecular complexity index is 728. The first-order valence-corrected chi connectivity index (χ1v) is 9.39. The van der Waals surface area contributed by atoms with Crippen LogP contribution in [0.1, 0.15) is 31.1 Å². The van der Waals surface area contributed by atoms with Crippen molar-refractivity contribution < 1.29 is 28.8 Å². The number of carbonyl (C=O) groups excluding carboxylic acids is 1. The van der Waals surface area contributed by atoms with Crippen LogP contribution in [0.2, 0.25) is 0 Å². The van der Waals surface area contributed by atoms with Crippen LogP contribution in [0.5, 0.6) is 11.5 Å². The SMILES string of the molecule is CCOC(=O)[C@@H](Cc1ccc(OC[C@H](O)c2cccc(OC)c2)cc1)OCC. The van der Waals surface area contributed by atoms with E-state index in [-0.39, 0.29) is 12.6 Å². The van der Waals surface area contributed by atoms with Crippen LogP contribution in [-0.2, 0) is 20.7 Å². The highest BCUT2D eigenvalue weighted by atomic mass is 16.6. The Morgan fingerprint density at radius 2 is 1.79 bits per heavy atom. The van der Waals surface area contributed by atoms with Crippen LogP contribution in [0.15, 0.2) is 48.5 Å². The number of hydrogen-bond acceptors (Lipinski definition) is 6. The van der Waals surface area contributed by atoms with Crippen LogP contribution in [0, 0.1) is 0 Å². The lowest BCUT2D eigenvalue weighted by atomic mass is 10.1. The number of carbonyl (C=O) groups is 1. The first-order valence-electron chi connectivity index (χ1n) is 9.39. The van der Waals surface area contributed by atoms with Gasteiger partial charge in [0.15, 0.2) is 6.10 Å². The van der Waals surface area contributed by atoms with Crippen molar-refractivity contribution in [3.63, 3.8) is 0 Å². The number of esters is 1. The van der Waals surface area contributed by atoms with E-state index >= 15 is 0 Å². The fraction of sp³-hybridized carbons (Fsp3) is 0.409. The van der Waals surface area contributed by atoms with Crippen molar-refractivity contribution in [1.29, 1.82) is 0 Å². The van der Waals surface area contributed by atoms with Crippen molar-refractivity contribution in [2.45, 2.75) is 32.5 Å². The second kappa shape index (κ2) is 11.3. The monoisotopic (exact) mass is 388 g/mol. The van der Waals surface area contributed by atoms with Crippen molar-refractivity contribution in [3.05, 3.63) is 59.7 Å². The number of methoxy groups -OCH3 is 1. The molecule has 0 aliphatic heterocycles. The van der Waals surface area contributed by atoms with Crippen molar-refractivity contribution in [3.8, 4) is 11.5 Å². The summed E-state index contributed by atoms with van der Waals surface area (Å²) < 4.78 is 21.4. The maximum atomic E-state index is 12.0. The molecule has 1 N–H and O–H groups in total. The Balaban J connectivity index is 1.91. The third-order valence-corrected chi connectivity index (χ3v) is 4.15. The number of benzene rings is 2.